The number of hydrogen-bond acceptors (Lipinski definition) is 4. The summed E-state index contributed by atoms with van der Waals surface area (Å²) < 4.78 is 27.8. The number of aryl methyl sites for hydroxylation is 1. The minimum absolute atomic E-state index is 0.0402. The Bertz CT molecular complexity index is 515. The molecule has 0 radical (unpaired) electrons. The first-order valence-electron chi connectivity index (χ1n) is 6.06. The molecule has 18 heavy (non-hydrogen) atoms. The van der Waals surface area contributed by atoms with Crippen LogP contribution in [0.3, 0.4) is 0 Å². The summed E-state index contributed by atoms with van der Waals surface area (Å²) in [6.07, 6.45) is 3.15. The summed E-state index contributed by atoms with van der Waals surface area (Å²) in [5, 5.41) is 7.44. The van der Waals surface area contributed by atoms with E-state index in [4.69, 9.17) is 0 Å². The highest BCUT2D eigenvalue weighted by Crippen LogP contribution is 2.25. The van der Waals surface area contributed by atoms with Crippen molar-refractivity contribution in [3.8, 4) is 0 Å². The minimum atomic E-state index is -3.40. The summed E-state index contributed by atoms with van der Waals surface area (Å²) in [6.45, 7) is 3.22. The molecule has 1 aliphatic heterocycles. The molecule has 1 saturated heterocycles. The van der Waals surface area contributed by atoms with Gasteiger partial charge in [-0.1, -0.05) is 0 Å². The molecular formula is C11H20N4O2S. The molecule has 0 amide bonds. The first-order valence-corrected chi connectivity index (χ1v) is 7.50. The molecule has 7 heteroatoms. The number of aromatic nitrogens is 2. The van der Waals surface area contributed by atoms with Crippen LogP contribution in [0.5, 0.6) is 0 Å². The monoisotopic (exact) mass is 272 g/mol. The van der Waals surface area contributed by atoms with Crippen molar-refractivity contribution < 1.29 is 8.42 Å². The first kappa shape index (κ1) is 13.5. The highest BCUT2D eigenvalue weighted by atomic mass is 32.2. The Morgan fingerprint density at radius 1 is 1.39 bits per heavy atom. The van der Waals surface area contributed by atoms with E-state index >= 15 is 0 Å². The van der Waals surface area contributed by atoms with E-state index in [1.807, 2.05) is 7.05 Å². The highest BCUT2D eigenvalue weighted by molar-refractivity contribution is 7.89. The fraction of sp³-hybridized carbons (Fsp3) is 0.727. The third kappa shape index (κ3) is 2.30. The van der Waals surface area contributed by atoms with Gasteiger partial charge in [0.25, 0.3) is 10.0 Å². The molecule has 6 nitrogen and oxygen atoms in total. The molecule has 2 rings (SSSR count). The quantitative estimate of drug-likeness (QED) is 0.852. The van der Waals surface area contributed by atoms with Crippen molar-refractivity contribution >= 4 is 10.0 Å². The Kier molecular flexibility index (Phi) is 3.48. The number of piperidine rings is 1. The number of rotatable bonds is 3. The molecule has 1 N–H and O–H groups in total. The zero-order valence-corrected chi connectivity index (χ0v) is 11.9. The summed E-state index contributed by atoms with van der Waals surface area (Å²) in [4.78, 5) is 0. The van der Waals surface area contributed by atoms with Gasteiger partial charge in [-0.25, -0.2) is 8.42 Å². The molecule has 0 spiro atoms. The zero-order chi connectivity index (χ0) is 13.4. The van der Waals surface area contributed by atoms with Gasteiger partial charge in [-0.15, -0.1) is 0 Å². The largest absolute Gasteiger partial charge is 0.314 e. The van der Waals surface area contributed by atoms with Gasteiger partial charge in [-0.05, 0) is 32.9 Å². The molecule has 1 aromatic rings. The molecule has 1 aromatic heterocycles. The number of nitrogens with zero attached hydrogens (tertiary/aromatic N) is 3. The second-order valence-electron chi connectivity index (χ2n) is 5.01. The molecule has 0 saturated carbocycles. The molecule has 0 unspecified atom stereocenters. The molecule has 0 bridgehead atoms. The molecule has 102 valence electrons. The summed E-state index contributed by atoms with van der Waals surface area (Å²) in [6, 6.07) is 1.54. The topological polar surface area (TPSA) is 67.2 Å². The van der Waals surface area contributed by atoms with Crippen molar-refractivity contribution in [3.05, 3.63) is 12.3 Å². The Balaban J connectivity index is 2.17. The summed E-state index contributed by atoms with van der Waals surface area (Å²) >= 11 is 0. The van der Waals surface area contributed by atoms with Crippen LogP contribution in [-0.4, -0.2) is 48.2 Å². The summed E-state index contributed by atoms with van der Waals surface area (Å²) in [7, 11) is 0.168. The molecule has 0 aromatic carbocycles. The van der Waals surface area contributed by atoms with Crippen molar-refractivity contribution in [3.63, 3.8) is 0 Å². The molecule has 1 aliphatic rings. The van der Waals surface area contributed by atoms with Crippen LogP contribution in [-0.2, 0) is 17.1 Å². The van der Waals surface area contributed by atoms with E-state index in [1.54, 1.807) is 17.4 Å². The van der Waals surface area contributed by atoms with Gasteiger partial charge in [0.1, 0.15) is 0 Å². The van der Waals surface area contributed by atoms with Gasteiger partial charge in [-0.2, -0.15) is 9.40 Å². The smallest absolute Gasteiger partial charge is 0.260 e. The maximum atomic E-state index is 12.4. The molecule has 0 atom stereocenters. The molecular weight excluding hydrogens is 252 g/mol. The van der Waals surface area contributed by atoms with Gasteiger partial charge < -0.3 is 5.32 Å². The predicted octanol–water partition coefficient (Wildman–Crippen LogP) is 0.183. The SMILES string of the molecule is CNC1(C)CCN(S(=O)(=O)c2ccnn2C)CC1. The Morgan fingerprint density at radius 2 is 2.00 bits per heavy atom. The van der Waals surface area contributed by atoms with Crippen LogP contribution in [0, 0.1) is 0 Å². The molecule has 0 aliphatic carbocycles. The minimum Gasteiger partial charge on any atom is -0.314 e. The van der Waals surface area contributed by atoms with Crippen molar-refractivity contribution in [1.82, 2.24) is 19.4 Å². The Labute approximate surface area is 108 Å². The lowest BCUT2D eigenvalue weighted by atomic mass is 9.91. The fourth-order valence-electron chi connectivity index (χ4n) is 2.22. The van der Waals surface area contributed by atoms with Gasteiger partial charge in [0.15, 0.2) is 5.03 Å². The second-order valence-corrected chi connectivity index (χ2v) is 6.89. The average Bonchev–Trinajstić information content (AvgIpc) is 2.77. The summed E-state index contributed by atoms with van der Waals surface area (Å²) in [5.74, 6) is 0. The van der Waals surface area contributed by atoms with Crippen molar-refractivity contribution in [2.75, 3.05) is 20.1 Å². The van der Waals surface area contributed by atoms with Crippen molar-refractivity contribution in [2.24, 2.45) is 7.05 Å². The van der Waals surface area contributed by atoms with Crippen LogP contribution in [0.2, 0.25) is 0 Å². The lowest BCUT2D eigenvalue weighted by molar-refractivity contribution is 0.219. The lowest BCUT2D eigenvalue weighted by Gasteiger charge is -2.38. The van der Waals surface area contributed by atoms with Crippen LogP contribution in [0.15, 0.2) is 17.3 Å². The van der Waals surface area contributed by atoms with E-state index in [0.29, 0.717) is 13.1 Å². The first-order chi connectivity index (χ1) is 8.39. The van der Waals surface area contributed by atoms with Crippen LogP contribution in [0.25, 0.3) is 0 Å². The van der Waals surface area contributed by atoms with Crippen LogP contribution in [0.1, 0.15) is 19.8 Å². The van der Waals surface area contributed by atoms with Gasteiger partial charge in [0.05, 0.1) is 6.20 Å². The molecule has 1 fully saturated rings. The number of sulfonamides is 1. The van der Waals surface area contributed by atoms with Gasteiger partial charge >= 0.3 is 0 Å². The predicted molar refractivity (Wildman–Crippen MR) is 68.7 cm³/mol. The van der Waals surface area contributed by atoms with Gasteiger partial charge in [0.2, 0.25) is 0 Å². The van der Waals surface area contributed by atoms with E-state index in [0.717, 1.165) is 12.8 Å². The van der Waals surface area contributed by atoms with Crippen LogP contribution >= 0.6 is 0 Å². The lowest BCUT2D eigenvalue weighted by Crippen LogP contribution is -2.51. The zero-order valence-electron chi connectivity index (χ0n) is 11.0. The number of hydrogen-bond donors (Lipinski definition) is 1. The van der Waals surface area contributed by atoms with Crippen molar-refractivity contribution in [2.45, 2.75) is 30.3 Å². The third-order valence-electron chi connectivity index (χ3n) is 3.81. The third-order valence-corrected chi connectivity index (χ3v) is 5.78. The Morgan fingerprint density at radius 3 is 2.44 bits per heavy atom. The maximum absolute atomic E-state index is 12.4. The number of nitrogens with one attached hydrogen (secondary N) is 1. The standard InChI is InChI=1S/C11H20N4O2S/c1-11(12-2)5-8-15(9-6-11)18(16,17)10-4-7-13-14(10)3/h4,7,12H,5-6,8-9H2,1-3H3. The molecule has 2 heterocycles. The van der Waals surface area contributed by atoms with E-state index in [2.05, 4.69) is 17.3 Å². The fourth-order valence-corrected chi connectivity index (χ4v) is 3.76. The van der Waals surface area contributed by atoms with Crippen LogP contribution in [0.4, 0.5) is 0 Å². The van der Waals surface area contributed by atoms with E-state index in [9.17, 15) is 8.42 Å². The normalized spacial score (nSPS) is 21.1. The van der Waals surface area contributed by atoms with Crippen molar-refractivity contribution in [1.29, 1.82) is 0 Å². The van der Waals surface area contributed by atoms with Gasteiger partial charge in [-0.3, -0.25) is 4.68 Å². The highest BCUT2D eigenvalue weighted by Gasteiger charge is 2.35. The maximum Gasteiger partial charge on any atom is 0.260 e. The van der Waals surface area contributed by atoms with E-state index in [-0.39, 0.29) is 10.6 Å². The average molecular weight is 272 g/mol. The van der Waals surface area contributed by atoms with E-state index < -0.39 is 10.0 Å². The Hall–Kier alpha value is -0.920. The second kappa shape index (κ2) is 4.64. The van der Waals surface area contributed by atoms with Gasteiger partial charge in [0, 0.05) is 25.7 Å². The van der Waals surface area contributed by atoms with E-state index in [1.165, 1.54) is 10.9 Å². The summed E-state index contributed by atoms with van der Waals surface area (Å²) in [5.41, 5.74) is 0.0402. The van der Waals surface area contributed by atoms with Crippen LogP contribution < -0.4 is 5.32 Å².